The number of halogens is 1. The number of rotatable bonds is 8. The number of nitrogens with one attached hydrogen (secondary N) is 1. The summed E-state index contributed by atoms with van der Waals surface area (Å²) < 4.78 is 0. The van der Waals surface area contributed by atoms with E-state index in [-0.39, 0.29) is 12.4 Å². The predicted molar refractivity (Wildman–Crippen MR) is 183 cm³/mol. The van der Waals surface area contributed by atoms with Crippen LogP contribution in [0.15, 0.2) is 182 Å². The molecular weight excluding hydrogens is 544 g/mol. The minimum absolute atomic E-state index is 0. The number of benzene rings is 6. The Bertz CT molecular complexity index is 1280. The average Bonchev–Trinajstić information content (AvgIpc) is 3.04. The minimum atomic E-state index is -2.80. The predicted octanol–water partition coefficient (Wildman–Crippen LogP) is 6.28. The van der Waals surface area contributed by atoms with Crippen molar-refractivity contribution in [2.75, 3.05) is 0 Å². The van der Waals surface area contributed by atoms with E-state index in [9.17, 15) is 0 Å². The van der Waals surface area contributed by atoms with E-state index >= 15 is 0 Å². The molecule has 6 aromatic rings. The van der Waals surface area contributed by atoms with E-state index in [1.807, 2.05) is 0 Å². The molecule has 1 N–H and O–H groups in total. The van der Waals surface area contributed by atoms with E-state index in [2.05, 4.69) is 187 Å². The van der Waals surface area contributed by atoms with E-state index in [0.29, 0.717) is 0 Å². The first kappa shape index (κ1) is 28.0. The van der Waals surface area contributed by atoms with Crippen molar-refractivity contribution in [1.29, 1.82) is 0 Å². The first-order valence-electron chi connectivity index (χ1n) is 13.5. The van der Waals surface area contributed by atoms with Gasteiger partial charge in [-0.15, -0.1) is 12.4 Å². The van der Waals surface area contributed by atoms with Crippen LogP contribution < -0.4 is 36.7 Å². The van der Waals surface area contributed by atoms with Gasteiger partial charge < -0.3 is 0 Å². The Kier molecular flexibility index (Phi) is 8.91. The van der Waals surface area contributed by atoms with Gasteiger partial charge in [0.05, 0.1) is 0 Å². The van der Waals surface area contributed by atoms with Crippen LogP contribution in [0.2, 0.25) is 0 Å². The Labute approximate surface area is 245 Å². The summed E-state index contributed by atoms with van der Waals surface area (Å²) in [6.45, 7) is 0. The molecule has 0 aliphatic heterocycles. The van der Waals surface area contributed by atoms with E-state index in [1.54, 1.807) is 0 Å². The zero-order valence-corrected chi connectivity index (χ0v) is 25.0. The Morgan fingerprint density at radius 3 is 0.550 bits per heavy atom. The molecule has 0 saturated carbocycles. The van der Waals surface area contributed by atoms with Gasteiger partial charge in [0.15, 0.2) is 0 Å². The van der Waals surface area contributed by atoms with Crippen molar-refractivity contribution in [1.82, 2.24) is 4.86 Å². The van der Waals surface area contributed by atoms with Gasteiger partial charge in [-0.1, -0.05) is 0 Å². The van der Waals surface area contributed by atoms with Crippen LogP contribution in [0.3, 0.4) is 0 Å². The quantitative estimate of drug-likeness (QED) is 0.210. The molecule has 0 radical (unpaired) electrons. The van der Waals surface area contributed by atoms with Gasteiger partial charge in [0.25, 0.3) is 0 Å². The first-order chi connectivity index (χ1) is 19.3. The molecule has 200 valence electrons. The SMILES string of the molecule is Cl.c1ccc([PH](N[PH](c2ccccc2)(c2ccccc2)c2ccccc2)(c2ccccc2)c2ccccc2)cc1. The van der Waals surface area contributed by atoms with Crippen LogP contribution in [-0.4, -0.2) is 0 Å². The average molecular weight is 578 g/mol. The normalized spacial score (nSPS) is 12.2. The first-order valence-corrected chi connectivity index (χ1v) is 17.5. The Morgan fingerprint density at radius 2 is 0.400 bits per heavy atom. The second-order valence-electron chi connectivity index (χ2n) is 9.82. The second-order valence-corrected chi connectivity index (χ2v) is 17.3. The van der Waals surface area contributed by atoms with Gasteiger partial charge in [0.2, 0.25) is 0 Å². The van der Waals surface area contributed by atoms with E-state index in [0.717, 1.165) is 0 Å². The molecule has 1 nitrogen and oxygen atoms in total. The van der Waals surface area contributed by atoms with E-state index in [4.69, 9.17) is 0 Å². The van der Waals surface area contributed by atoms with Crippen molar-refractivity contribution in [2.24, 2.45) is 0 Å². The van der Waals surface area contributed by atoms with Crippen LogP contribution >= 0.6 is 27.2 Å². The van der Waals surface area contributed by atoms with Crippen LogP contribution in [0.4, 0.5) is 0 Å². The van der Waals surface area contributed by atoms with Gasteiger partial charge in [0.1, 0.15) is 0 Å². The van der Waals surface area contributed by atoms with Crippen molar-refractivity contribution in [3.63, 3.8) is 0 Å². The molecule has 0 heterocycles. The summed E-state index contributed by atoms with van der Waals surface area (Å²) in [6.07, 6.45) is 0. The molecule has 6 aromatic carbocycles. The maximum absolute atomic E-state index is 4.66. The maximum atomic E-state index is 4.66. The summed E-state index contributed by atoms with van der Waals surface area (Å²) in [6, 6.07) is 66.7. The summed E-state index contributed by atoms with van der Waals surface area (Å²) >= 11 is 0. The van der Waals surface area contributed by atoms with Crippen molar-refractivity contribution < 1.29 is 0 Å². The van der Waals surface area contributed by atoms with Crippen LogP contribution in [-0.2, 0) is 0 Å². The van der Waals surface area contributed by atoms with Crippen LogP contribution in [0, 0.1) is 0 Å². The van der Waals surface area contributed by atoms with Gasteiger partial charge in [0, 0.05) is 0 Å². The Morgan fingerprint density at radius 1 is 0.250 bits per heavy atom. The van der Waals surface area contributed by atoms with Crippen molar-refractivity contribution >= 4 is 59.1 Å². The zero-order valence-electron chi connectivity index (χ0n) is 22.2. The molecule has 0 aromatic heterocycles. The number of hydrogen-bond donors (Lipinski definition) is 1. The van der Waals surface area contributed by atoms with Crippen LogP contribution in [0.25, 0.3) is 0 Å². The summed E-state index contributed by atoms with van der Waals surface area (Å²) in [5, 5.41) is 8.09. The van der Waals surface area contributed by atoms with Crippen molar-refractivity contribution in [3.8, 4) is 0 Å². The van der Waals surface area contributed by atoms with Crippen molar-refractivity contribution in [3.05, 3.63) is 182 Å². The molecule has 0 unspecified atom stereocenters. The molecule has 0 aliphatic carbocycles. The molecule has 0 saturated heterocycles. The third-order valence-corrected chi connectivity index (χ3v) is 17.8. The fourth-order valence-electron chi connectivity index (χ4n) is 5.84. The van der Waals surface area contributed by atoms with E-state index < -0.39 is 14.8 Å². The van der Waals surface area contributed by atoms with Gasteiger partial charge in [-0.3, -0.25) is 0 Å². The topological polar surface area (TPSA) is 12.0 Å². The molecule has 6 rings (SSSR count). The standard InChI is InChI=1S/C36H33NP2.ClH/c1-7-19-31(20-8-1)38(32-21-9-2-10-22-32,33-23-11-3-12-24-33)37-39(34-25-13-4-14-26-34,35-27-15-5-16-28-35)36-29-17-6-18-30-36;/h1-30,37-39H;1H. The van der Waals surface area contributed by atoms with Crippen molar-refractivity contribution in [2.45, 2.75) is 0 Å². The molecule has 0 amide bonds. The number of hydrogen-bond acceptors (Lipinski definition) is 1. The zero-order chi connectivity index (χ0) is 26.4. The Hall–Kier alpha value is -3.57. The molecule has 0 atom stereocenters. The fourth-order valence-corrected chi connectivity index (χ4v) is 17.7. The molecule has 0 bridgehead atoms. The van der Waals surface area contributed by atoms with Gasteiger partial charge in [-0.25, -0.2) is 0 Å². The summed E-state index contributed by atoms with van der Waals surface area (Å²) in [5.74, 6) is 0. The van der Waals surface area contributed by atoms with Gasteiger partial charge in [-0.05, 0) is 0 Å². The summed E-state index contributed by atoms with van der Waals surface area (Å²) in [4.78, 5) is 4.66. The third kappa shape index (κ3) is 5.15. The van der Waals surface area contributed by atoms with Crippen LogP contribution in [0.1, 0.15) is 0 Å². The third-order valence-electron chi connectivity index (χ3n) is 7.62. The second kappa shape index (κ2) is 12.7. The molecule has 4 heteroatoms. The van der Waals surface area contributed by atoms with Gasteiger partial charge in [-0.2, -0.15) is 0 Å². The van der Waals surface area contributed by atoms with Gasteiger partial charge >= 0.3 is 234 Å². The molecule has 0 spiro atoms. The molecule has 40 heavy (non-hydrogen) atoms. The molecular formula is C36H34ClNP2. The monoisotopic (exact) mass is 577 g/mol. The van der Waals surface area contributed by atoms with Crippen LogP contribution in [0.5, 0.6) is 0 Å². The fraction of sp³-hybridized carbons (Fsp3) is 0. The summed E-state index contributed by atoms with van der Waals surface area (Å²) in [7, 11) is -5.59. The summed E-state index contributed by atoms with van der Waals surface area (Å²) in [5.41, 5.74) is 0. The molecule has 0 fully saturated rings. The van der Waals surface area contributed by atoms with E-state index in [1.165, 1.54) is 31.8 Å². The Balaban J connectivity index is 0.00000323. The molecule has 0 aliphatic rings.